The maximum absolute atomic E-state index is 13.2. The summed E-state index contributed by atoms with van der Waals surface area (Å²) in [4.78, 5) is 26.4. The van der Waals surface area contributed by atoms with E-state index in [1.807, 2.05) is 61.5 Å². The molecule has 2 aromatic rings. The molecule has 7 nitrogen and oxygen atoms in total. The van der Waals surface area contributed by atoms with Crippen LogP contribution in [0.2, 0.25) is 0 Å². The minimum atomic E-state index is -0.998. The summed E-state index contributed by atoms with van der Waals surface area (Å²) in [6.07, 6.45) is -0.0535. The van der Waals surface area contributed by atoms with E-state index in [1.54, 1.807) is 32.6 Å². The molecule has 1 fully saturated rings. The zero-order valence-electron chi connectivity index (χ0n) is 21.9. The Bertz CT molecular complexity index is 1130. The number of hydrogen-bond donors (Lipinski definition) is 2. The highest BCUT2D eigenvalue weighted by Crippen LogP contribution is 2.42. The van der Waals surface area contributed by atoms with Gasteiger partial charge in [0.15, 0.2) is 0 Å². The molecular formula is C29H36N2O5. The molecule has 1 aliphatic rings. The Labute approximate surface area is 213 Å². The van der Waals surface area contributed by atoms with Crippen molar-refractivity contribution in [3.63, 3.8) is 0 Å². The SMILES string of the molecule is COC(=O)NC(C)(C)C#Cc1ccc([C@H](C)N2CCC(CC(C)(C)O)(c3ccccc3)OC2=O)cc1. The molecule has 0 bridgehead atoms. The Kier molecular flexibility index (Phi) is 8.00. The second-order valence-corrected chi connectivity index (χ2v) is 10.5. The molecule has 2 aromatic carbocycles. The number of carbonyl (C=O) groups excluding carboxylic acids is 2. The summed E-state index contributed by atoms with van der Waals surface area (Å²) in [5.74, 6) is 6.11. The van der Waals surface area contributed by atoms with Crippen LogP contribution in [-0.2, 0) is 15.1 Å². The van der Waals surface area contributed by atoms with Crippen LogP contribution in [0.25, 0.3) is 0 Å². The van der Waals surface area contributed by atoms with Crippen molar-refractivity contribution in [2.24, 2.45) is 0 Å². The number of hydrogen-bond acceptors (Lipinski definition) is 5. The maximum atomic E-state index is 13.2. The summed E-state index contributed by atoms with van der Waals surface area (Å²) in [5.41, 5.74) is 0.0175. The van der Waals surface area contributed by atoms with E-state index >= 15 is 0 Å². The van der Waals surface area contributed by atoms with E-state index < -0.39 is 28.9 Å². The van der Waals surface area contributed by atoms with Gasteiger partial charge in [-0.05, 0) is 57.9 Å². The first kappa shape index (κ1) is 27.1. The number of carbonyl (C=O) groups is 2. The lowest BCUT2D eigenvalue weighted by molar-refractivity contribution is -0.101. The molecule has 0 aromatic heterocycles. The number of methoxy groups -OCH3 is 1. The van der Waals surface area contributed by atoms with Crippen LogP contribution in [-0.4, -0.2) is 47.0 Å². The van der Waals surface area contributed by atoms with Crippen molar-refractivity contribution in [1.29, 1.82) is 0 Å². The molecule has 1 aliphatic heterocycles. The third-order valence-electron chi connectivity index (χ3n) is 6.27. The van der Waals surface area contributed by atoms with Crippen molar-refractivity contribution in [3.05, 3.63) is 71.3 Å². The molecule has 7 heteroatoms. The minimum Gasteiger partial charge on any atom is -0.453 e. The van der Waals surface area contributed by atoms with Crippen LogP contribution in [0, 0.1) is 11.8 Å². The summed E-state index contributed by atoms with van der Waals surface area (Å²) < 4.78 is 10.7. The quantitative estimate of drug-likeness (QED) is 0.546. The fourth-order valence-corrected chi connectivity index (χ4v) is 4.48. The third-order valence-corrected chi connectivity index (χ3v) is 6.27. The number of nitrogens with one attached hydrogen (secondary N) is 1. The Morgan fingerprint density at radius 2 is 1.81 bits per heavy atom. The van der Waals surface area contributed by atoms with Crippen molar-refractivity contribution >= 4 is 12.2 Å². The molecule has 36 heavy (non-hydrogen) atoms. The van der Waals surface area contributed by atoms with Crippen molar-refractivity contribution in [2.75, 3.05) is 13.7 Å². The molecule has 1 unspecified atom stereocenters. The number of amides is 2. The Balaban J connectivity index is 1.74. The van der Waals surface area contributed by atoms with Crippen LogP contribution in [0.1, 0.15) is 70.2 Å². The van der Waals surface area contributed by atoms with Gasteiger partial charge < -0.3 is 24.8 Å². The van der Waals surface area contributed by atoms with Gasteiger partial charge in [0, 0.05) is 24.9 Å². The Morgan fingerprint density at radius 3 is 2.36 bits per heavy atom. The molecule has 192 valence electrons. The van der Waals surface area contributed by atoms with Gasteiger partial charge >= 0.3 is 12.2 Å². The Morgan fingerprint density at radius 1 is 1.17 bits per heavy atom. The summed E-state index contributed by atoms with van der Waals surface area (Å²) in [7, 11) is 1.31. The van der Waals surface area contributed by atoms with Gasteiger partial charge in [0.2, 0.25) is 0 Å². The highest BCUT2D eigenvalue weighted by molar-refractivity contribution is 5.70. The van der Waals surface area contributed by atoms with Crippen LogP contribution in [0.15, 0.2) is 54.6 Å². The monoisotopic (exact) mass is 492 g/mol. The lowest BCUT2D eigenvalue weighted by Gasteiger charge is -2.45. The fourth-order valence-electron chi connectivity index (χ4n) is 4.48. The molecule has 2 atom stereocenters. The lowest BCUT2D eigenvalue weighted by Crippen LogP contribution is -2.51. The first-order valence-corrected chi connectivity index (χ1v) is 12.1. The predicted octanol–water partition coefficient (Wildman–Crippen LogP) is 5.13. The summed E-state index contributed by atoms with van der Waals surface area (Å²) in [6, 6.07) is 17.1. The van der Waals surface area contributed by atoms with Gasteiger partial charge in [0.05, 0.1) is 24.3 Å². The molecule has 0 aliphatic carbocycles. The standard InChI is InChI=1S/C29H36N2O5/c1-21(23-14-12-22(13-15-23)16-17-27(2,3)30-25(32)35-6)31-19-18-29(36-26(31)33,20-28(4,5)34)24-10-8-7-9-11-24/h7-15,21,34H,18-20H2,1-6H3,(H,30,32)/t21-,29?/m0/s1. The van der Waals surface area contributed by atoms with Crippen molar-refractivity contribution < 1.29 is 24.2 Å². The molecule has 0 radical (unpaired) electrons. The van der Waals surface area contributed by atoms with Gasteiger partial charge in [0.25, 0.3) is 0 Å². The number of ether oxygens (including phenoxy) is 2. The topological polar surface area (TPSA) is 88.1 Å². The second-order valence-electron chi connectivity index (χ2n) is 10.5. The van der Waals surface area contributed by atoms with Gasteiger partial charge in [-0.2, -0.15) is 0 Å². The van der Waals surface area contributed by atoms with E-state index in [0.29, 0.717) is 19.4 Å². The number of cyclic esters (lactones) is 1. The summed E-state index contributed by atoms with van der Waals surface area (Å²) in [5, 5.41) is 13.2. The van der Waals surface area contributed by atoms with Crippen LogP contribution >= 0.6 is 0 Å². The van der Waals surface area contributed by atoms with E-state index in [-0.39, 0.29) is 6.04 Å². The molecule has 1 heterocycles. The first-order valence-electron chi connectivity index (χ1n) is 12.1. The second kappa shape index (κ2) is 10.6. The van der Waals surface area contributed by atoms with Crippen LogP contribution in [0.5, 0.6) is 0 Å². The predicted molar refractivity (Wildman–Crippen MR) is 138 cm³/mol. The Hall–Kier alpha value is -3.50. The number of rotatable bonds is 6. The summed E-state index contributed by atoms with van der Waals surface area (Å²) >= 11 is 0. The molecule has 3 rings (SSSR count). The zero-order chi connectivity index (χ0) is 26.6. The van der Waals surface area contributed by atoms with Gasteiger partial charge in [-0.3, -0.25) is 0 Å². The normalized spacial score (nSPS) is 19.0. The van der Waals surface area contributed by atoms with E-state index in [9.17, 15) is 14.7 Å². The van der Waals surface area contributed by atoms with Crippen LogP contribution in [0.3, 0.4) is 0 Å². The number of alkyl carbamates (subject to hydrolysis) is 1. The fraction of sp³-hybridized carbons (Fsp3) is 0.448. The van der Waals surface area contributed by atoms with Crippen molar-refractivity contribution in [1.82, 2.24) is 10.2 Å². The summed E-state index contributed by atoms with van der Waals surface area (Å²) in [6.45, 7) is 9.53. The highest BCUT2D eigenvalue weighted by atomic mass is 16.6. The van der Waals surface area contributed by atoms with Crippen molar-refractivity contribution in [3.8, 4) is 11.8 Å². The van der Waals surface area contributed by atoms with E-state index in [1.165, 1.54) is 7.11 Å². The smallest absolute Gasteiger partial charge is 0.411 e. The number of nitrogens with zero attached hydrogens (tertiary/aromatic N) is 1. The van der Waals surface area contributed by atoms with Gasteiger partial charge in [-0.1, -0.05) is 54.3 Å². The third kappa shape index (κ3) is 6.79. The zero-order valence-corrected chi connectivity index (χ0v) is 21.9. The molecular weight excluding hydrogens is 456 g/mol. The van der Waals surface area contributed by atoms with Gasteiger partial charge in [0.1, 0.15) is 5.60 Å². The molecule has 2 N–H and O–H groups in total. The van der Waals surface area contributed by atoms with E-state index in [2.05, 4.69) is 21.9 Å². The lowest BCUT2D eigenvalue weighted by atomic mass is 9.80. The average Bonchev–Trinajstić information content (AvgIpc) is 2.82. The molecule has 2 amide bonds. The minimum absolute atomic E-state index is 0.201. The highest BCUT2D eigenvalue weighted by Gasteiger charge is 2.46. The first-order chi connectivity index (χ1) is 16.8. The maximum Gasteiger partial charge on any atom is 0.411 e. The van der Waals surface area contributed by atoms with E-state index in [4.69, 9.17) is 4.74 Å². The average molecular weight is 493 g/mol. The number of benzene rings is 2. The van der Waals surface area contributed by atoms with Gasteiger partial charge in [-0.25, -0.2) is 9.59 Å². The van der Waals surface area contributed by atoms with Crippen LogP contribution in [0.4, 0.5) is 9.59 Å². The largest absolute Gasteiger partial charge is 0.453 e. The van der Waals surface area contributed by atoms with E-state index in [0.717, 1.165) is 16.7 Å². The molecule has 0 spiro atoms. The van der Waals surface area contributed by atoms with Crippen molar-refractivity contribution in [2.45, 2.75) is 70.2 Å². The number of aliphatic hydroxyl groups is 1. The molecule has 0 saturated carbocycles. The molecule has 1 saturated heterocycles. The van der Waals surface area contributed by atoms with Crippen LogP contribution < -0.4 is 5.32 Å². The van der Waals surface area contributed by atoms with Gasteiger partial charge in [-0.15, -0.1) is 0 Å².